The first kappa shape index (κ1) is 8.36. The van der Waals surface area contributed by atoms with Crippen molar-refractivity contribution in [3.8, 4) is 0 Å². The van der Waals surface area contributed by atoms with Crippen molar-refractivity contribution in [3.05, 3.63) is 47.6 Å². The normalized spacial score (nSPS) is 16.5. The highest BCUT2D eigenvalue weighted by atomic mass is 16.1. The number of benzene rings is 1. The monoisotopic (exact) mass is 195 g/mol. The Balaban J connectivity index is 2.29. The topological polar surface area (TPSA) is 29.4 Å². The van der Waals surface area contributed by atoms with Gasteiger partial charge in [-0.2, -0.15) is 0 Å². The molecule has 1 aliphatic heterocycles. The Labute approximate surface area is 87.7 Å². The van der Waals surface area contributed by atoms with Crippen LogP contribution in [0.5, 0.6) is 0 Å². The van der Waals surface area contributed by atoms with Crippen LogP contribution >= 0.6 is 0 Å². The molecular weight excluding hydrogens is 186 g/mol. The Morgan fingerprint density at radius 2 is 2.27 bits per heavy atom. The second kappa shape index (κ2) is 3.02. The molecule has 0 spiro atoms. The molecule has 0 unspecified atom stereocenters. The summed E-state index contributed by atoms with van der Waals surface area (Å²) in [6, 6.07) is 5.66. The number of nitrogens with zero attached hydrogens (tertiary/aromatic N) is 1. The summed E-state index contributed by atoms with van der Waals surface area (Å²) >= 11 is 0. The van der Waals surface area contributed by atoms with E-state index in [1.165, 1.54) is 0 Å². The zero-order valence-electron chi connectivity index (χ0n) is 8.10. The van der Waals surface area contributed by atoms with Crippen LogP contribution in [0.25, 0.3) is 5.57 Å². The first-order valence-electron chi connectivity index (χ1n) is 4.93. The molecule has 2 aliphatic rings. The number of hydrogen-bond donors (Lipinski definition) is 0. The van der Waals surface area contributed by atoms with Crippen molar-refractivity contribution >= 4 is 23.3 Å². The zero-order chi connectivity index (χ0) is 10.3. The number of carbonyl (C=O) groups is 1. The summed E-state index contributed by atoms with van der Waals surface area (Å²) in [5.74, 6) is 0. The third kappa shape index (κ3) is 1.11. The Hall–Kier alpha value is -1.96. The van der Waals surface area contributed by atoms with Gasteiger partial charge in [0.05, 0.1) is 11.4 Å². The predicted octanol–water partition coefficient (Wildman–Crippen LogP) is 2.93. The molecule has 15 heavy (non-hydrogen) atoms. The largest absolute Gasteiger partial charge is 0.298 e. The molecule has 0 bridgehead atoms. The van der Waals surface area contributed by atoms with E-state index in [1.54, 1.807) is 0 Å². The molecule has 1 aromatic carbocycles. The van der Waals surface area contributed by atoms with Gasteiger partial charge in [0.15, 0.2) is 6.29 Å². The molecule has 0 saturated heterocycles. The smallest absolute Gasteiger partial charge is 0.150 e. The fraction of sp³-hybridized carbons (Fsp3) is 0.0769. The summed E-state index contributed by atoms with van der Waals surface area (Å²) in [5, 5.41) is 0. The van der Waals surface area contributed by atoms with E-state index in [2.05, 4.69) is 11.1 Å². The first-order valence-corrected chi connectivity index (χ1v) is 4.93. The van der Waals surface area contributed by atoms with Crippen LogP contribution in [-0.2, 0) is 0 Å². The number of fused-ring (bicyclic) bond motifs is 3. The highest BCUT2D eigenvalue weighted by molar-refractivity contribution is 6.31. The predicted molar refractivity (Wildman–Crippen MR) is 60.7 cm³/mol. The molecule has 1 aromatic rings. The van der Waals surface area contributed by atoms with E-state index in [9.17, 15) is 4.79 Å². The van der Waals surface area contributed by atoms with Crippen molar-refractivity contribution in [2.75, 3.05) is 0 Å². The average Bonchev–Trinajstić information content (AvgIpc) is 2.67. The second-order valence-corrected chi connectivity index (χ2v) is 3.63. The molecule has 2 nitrogen and oxygen atoms in total. The third-order valence-electron chi connectivity index (χ3n) is 2.75. The van der Waals surface area contributed by atoms with Crippen LogP contribution in [-0.4, -0.2) is 12.0 Å². The number of aliphatic imine (C=N–C) groups is 1. The van der Waals surface area contributed by atoms with Gasteiger partial charge >= 0.3 is 0 Å². The van der Waals surface area contributed by atoms with Crippen molar-refractivity contribution < 1.29 is 4.79 Å². The maximum absolute atomic E-state index is 10.9. The van der Waals surface area contributed by atoms with E-state index in [4.69, 9.17) is 0 Å². The van der Waals surface area contributed by atoms with Crippen LogP contribution < -0.4 is 0 Å². The summed E-state index contributed by atoms with van der Waals surface area (Å²) in [6.07, 6.45) is 7.89. The number of carbonyl (C=O) groups excluding carboxylic acids is 1. The zero-order valence-corrected chi connectivity index (χ0v) is 8.10. The molecule has 0 amide bonds. The van der Waals surface area contributed by atoms with E-state index >= 15 is 0 Å². The molecule has 0 aromatic heterocycles. The van der Waals surface area contributed by atoms with Crippen molar-refractivity contribution in [1.82, 2.24) is 0 Å². The van der Waals surface area contributed by atoms with Crippen LogP contribution in [0.1, 0.15) is 22.3 Å². The lowest BCUT2D eigenvalue weighted by molar-refractivity contribution is 0.112. The molecule has 0 radical (unpaired) electrons. The molecule has 2 heteroatoms. The lowest BCUT2D eigenvalue weighted by atomic mass is 9.94. The molecule has 0 N–H and O–H groups in total. The lowest BCUT2D eigenvalue weighted by Gasteiger charge is -2.07. The maximum atomic E-state index is 10.9. The van der Waals surface area contributed by atoms with Gasteiger partial charge in [-0.15, -0.1) is 0 Å². The number of aldehydes is 1. The summed E-state index contributed by atoms with van der Waals surface area (Å²) in [6.45, 7) is 0. The highest BCUT2D eigenvalue weighted by Gasteiger charge is 2.23. The van der Waals surface area contributed by atoms with Gasteiger partial charge in [0.2, 0.25) is 0 Å². The Morgan fingerprint density at radius 3 is 3.13 bits per heavy atom. The Bertz CT molecular complexity index is 535. The minimum absolute atomic E-state index is 0.729. The SMILES string of the molecule is O=Cc1cccc2c1C1=CC=CCC1=N2. The third-order valence-corrected chi connectivity index (χ3v) is 2.75. The Kier molecular flexibility index (Phi) is 1.68. The minimum atomic E-state index is 0.729. The fourth-order valence-electron chi connectivity index (χ4n) is 2.07. The van der Waals surface area contributed by atoms with Crippen molar-refractivity contribution in [1.29, 1.82) is 0 Å². The van der Waals surface area contributed by atoms with Crippen LogP contribution in [0.2, 0.25) is 0 Å². The molecule has 3 rings (SSSR count). The van der Waals surface area contributed by atoms with Gasteiger partial charge in [0, 0.05) is 23.1 Å². The molecule has 0 atom stereocenters. The first-order chi connectivity index (χ1) is 7.40. The van der Waals surface area contributed by atoms with Gasteiger partial charge in [-0.05, 0) is 6.07 Å². The average molecular weight is 195 g/mol. The van der Waals surface area contributed by atoms with Crippen LogP contribution in [0.4, 0.5) is 5.69 Å². The van der Waals surface area contributed by atoms with Crippen molar-refractivity contribution in [2.24, 2.45) is 4.99 Å². The van der Waals surface area contributed by atoms with Crippen LogP contribution in [0.3, 0.4) is 0 Å². The quantitative estimate of drug-likeness (QED) is 0.633. The molecule has 0 fully saturated rings. The van der Waals surface area contributed by atoms with Gasteiger partial charge < -0.3 is 0 Å². The van der Waals surface area contributed by atoms with Crippen LogP contribution in [0, 0.1) is 0 Å². The standard InChI is InChI=1S/C13H9NO/c15-8-9-4-3-7-12-13(9)10-5-1-2-6-11(10)14-12/h1-5,7-8H,6H2. The van der Waals surface area contributed by atoms with Gasteiger partial charge in [0.1, 0.15) is 0 Å². The van der Waals surface area contributed by atoms with E-state index in [0.29, 0.717) is 0 Å². The fourth-order valence-corrected chi connectivity index (χ4v) is 2.07. The minimum Gasteiger partial charge on any atom is -0.298 e. The van der Waals surface area contributed by atoms with Gasteiger partial charge in [-0.25, -0.2) is 0 Å². The van der Waals surface area contributed by atoms with Crippen molar-refractivity contribution in [2.45, 2.75) is 6.42 Å². The van der Waals surface area contributed by atoms with Crippen molar-refractivity contribution in [3.63, 3.8) is 0 Å². The maximum Gasteiger partial charge on any atom is 0.150 e. The number of allylic oxidation sites excluding steroid dienone is 4. The van der Waals surface area contributed by atoms with E-state index < -0.39 is 0 Å². The van der Waals surface area contributed by atoms with Crippen LogP contribution in [0.15, 0.2) is 41.4 Å². The molecule has 0 saturated carbocycles. The van der Waals surface area contributed by atoms with E-state index in [1.807, 2.05) is 30.4 Å². The summed E-state index contributed by atoms with van der Waals surface area (Å²) < 4.78 is 0. The number of rotatable bonds is 1. The number of hydrogen-bond acceptors (Lipinski definition) is 2. The molecule has 1 aliphatic carbocycles. The summed E-state index contributed by atoms with van der Waals surface area (Å²) in [5.41, 5.74) is 4.82. The molecule has 72 valence electrons. The van der Waals surface area contributed by atoms with Gasteiger partial charge in [0.25, 0.3) is 0 Å². The van der Waals surface area contributed by atoms with Gasteiger partial charge in [-0.3, -0.25) is 9.79 Å². The van der Waals surface area contributed by atoms with Gasteiger partial charge in [-0.1, -0.05) is 30.4 Å². The highest BCUT2D eigenvalue weighted by Crippen LogP contribution is 2.38. The Morgan fingerprint density at radius 1 is 1.33 bits per heavy atom. The molecule has 1 heterocycles. The molecular formula is C13H9NO. The van der Waals surface area contributed by atoms with E-state index in [0.717, 1.165) is 40.8 Å². The van der Waals surface area contributed by atoms with E-state index in [-0.39, 0.29) is 0 Å². The summed E-state index contributed by atoms with van der Waals surface area (Å²) in [7, 11) is 0. The lowest BCUT2D eigenvalue weighted by Crippen LogP contribution is -2.00. The summed E-state index contributed by atoms with van der Waals surface area (Å²) in [4.78, 5) is 15.5. The second-order valence-electron chi connectivity index (χ2n) is 3.63.